The molecular weight excluding hydrogens is 377 g/mol. The van der Waals surface area contributed by atoms with Crippen molar-refractivity contribution in [1.29, 1.82) is 0 Å². The second-order valence-electron chi connectivity index (χ2n) is 7.70. The molecule has 0 fully saturated rings. The van der Waals surface area contributed by atoms with Gasteiger partial charge in [0.15, 0.2) is 0 Å². The molecule has 2 heterocycles. The highest BCUT2D eigenvalue weighted by molar-refractivity contribution is 5.91. The molecule has 0 bridgehead atoms. The number of aryl methyl sites for hydroxylation is 3. The maximum atomic E-state index is 14.0. The average molecular weight is 401 g/mol. The molecule has 5 heteroatoms. The smallest absolute Gasteiger partial charge is 0.225 e. The highest BCUT2D eigenvalue weighted by Crippen LogP contribution is 2.30. The van der Waals surface area contributed by atoms with Gasteiger partial charge in [-0.15, -0.1) is 0 Å². The summed E-state index contributed by atoms with van der Waals surface area (Å²) in [5, 5.41) is 2.99. The zero-order chi connectivity index (χ0) is 21.3. The third-order valence-corrected chi connectivity index (χ3v) is 5.54. The van der Waals surface area contributed by atoms with E-state index in [0.29, 0.717) is 0 Å². The third kappa shape index (κ3) is 3.96. The Kier molecular flexibility index (Phi) is 5.36. The zero-order valence-electron chi connectivity index (χ0n) is 17.3. The molecule has 4 rings (SSSR count). The Hall–Kier alpha value is -3.47. The Morgan fingerprint density at radius 3 is 2.60 bits per heavy atom. The van der Waals surface area contributed by atoms with Gasteiger partial charge in [-0.2, -0.15) is 0 Å². The van der Waals surface area contributed by atoms with E-state index in [9.17, 15) is 9.18 Å². The molecule has 0 aliphatic heterocycles. The lowest BCUT2D eigenvalue weighted by Gasteiger charge is -2.18. The minimum Gasteiger partial charge on any atom is -0.326 e. The zero-order valence-corrected chi connectivity index (χ0v) is 17.3. The number of fused-ring (bicyclic) bond motifs is 1. The van der Waals surface area contributed by atoms with Crippen LogP contribution < -0.4 is 5.32 Å². The number of pyridine rings is 1. The van der Waals surface area contributed by atoms with E-state index in [1.54, 1.807) is 12.3 Å². The molecular formula is C25H24FN3O. The Balaban J connectivity index is 1.70. The fourth-order valence-electron chi connectivity index (χ4n) is 3.81. The lowest BCUT2D eigenvalue weighted by Crippen LogP contribution is -2.18. The summed E-state index contributed by atoms with van der Waals surface area (Å²) >= 11 is 0. The summed E-state index contributed by atoms with van der Waals surface area (Å²) in [5.74, 6) is -0.781. The summed E-state index contributed by atoms with van der Waals surface area (Å²) in [5.41, 5.74) is 6.48. The lowest BCUT2D eigenvalue weighted by atomic mass is 9.92. The molecule has 0 saturated heterocycles. The predicted molar refractivity (Wildman–Crippen MR) is 117 cm³/mol. The first kappa shape index (κ1) is 19.8. The number of nitrogens with one attached hydrogen (secondary N) is 1. The third-order valence-electron chi connectivity index (χ3n) is 5.54. The van der Waals surface area contributed by atoms with Gasteiger partial charge in [-0.25, -0.2) is 9.37 Å². The quantitative estimate of drug-likeness (QED) is 0.476. The minimum atomic E-state index is -0.330. The number of aromatic nitrogens is 2. The summed E-state index contributed by atoms with van der Waals surface area (Å²) in [6, 6.07) is 18.2. The number of nitrogens with zero attached hydrogens (tertiary/aromatic N) is 2. The van der Waals surface area contributed by atoms with E-state index in [4.69, 9.17) is 0 Å². The first-order chi connectivity index (χ1) is 14.4. The second-order valence-corrected chi connectivity index (χ2v) is 7.70. The van der Waals surface area contributed by atoms with Crippen LogP contribution in [0.1, 0.15) is 40.4 Å². The summed E-state index contributed by atoms with van der Waals surface area (Å²) in [4.78, 5) is 17.5. The molecule has 2 aromatic carbocycles. The normalized spacial score (nSPS) is 12.1. The number of rotatable bonds is 5. The van der Waals surface area contributed by atoms with Gasteiger partial charge >= 0.3 is 0 Å². The Morgan fingerprint density at radius 1 is 1.03 bits per heavy atom. The first-order valence-corrected chi connectivity index (χ1v) is 9.98. The summed E-state index contributed by atoms with van der Waals surface area (Å²) in [6.07, 6.45) is 1.96. The molecule has 0 saturated carbocycles. The average Bonchev–Trinajstić information content (AvgIpc) is 3.14. The number of halogens is 1. The van der Waals surface area contributed by atoms with E-state index >= 15 is 0 Å². The van der Waals surface area contributed by atoms with Gasteiger partial charge in [-0.3, -0.25) is 4.79 Å². The van der Waals surface area contributed by atoms with Crippen molar-refractivity contribution in [2.24, 2.45) is 0 Å². The standard InChI is InChI=1S/C25H24FN3O/c1-16-10-11-21(12-17(16)2)28-25(30)14-22(19-7-5-8-20(26)13-19)23-15-27-24-9-4-6-18(3)29(23)24/h4-13,15,22H,14H2,1-3H3,(H,28,30). The van der Waals surface area contributed by atoms with Gasteiger partial charge in [0, 0.05) is 29.9 Å². The molecule has 0 radical (unpaired) electrons. The highest BCUT2D eigenvalue weighted by atomic mass is 19.1. The van der Waals surface area contributed by atoms with Crippen LogP contribution in [0.25, 0.3) is 5.65 Å². The first-order valence-electron chi connectivity index (χ1n) is 9.98. The molecule has 1 atom stereocenters. The summed E-state index contributed by atoms with van der Waals surface area (Å²) in [7, 11) is 0. The molecule has 1 N–H and O–H groups in total. The van der Waals surface area contributed by atoms with Gasteiger partial charge < -0.3 is 9.72 Å². The fraction of sp³-hybridized carbons (Fsp3) is 0.200. The largest absolute Gasteiger partial charge is 0.326 e. The van der Waals surface area contributed by atoms with Gasteiger partial charge in [0.05, 0.1) is 5.69 Å². The van der Waals surface area contributed by atoms with Crippen molar-refractivity contribution >= 4 is 17.2 Å². The molecule has 1 amide bonds. The predicted octanol–water partition coefficient (Wildman–Crippen LogP) is 5.56. The number of carbonyl (C=O) groups is 1. The van der Waals surface area contributed by atoms with E-state index in [1.165, 1.54) is 17.7 Å². The number of carbonyl (C=O) groups excluding carboxylic acids is 1. The summed E-state index contributed by atoms with van der Waals surface area (Å²) in [6.45, 7) is 6.05. The Labute approximate surface area is 175 Å². The van der Waals surface area contributed by atoms with Crippen LogP contribution in [0.3, 0.4) is 0 Å². The topological polar surface area (TPSA) is 46.4 Å². The van der Waals surface area contributed by atoms with E-state index in [0.717, 1.165) is 33.8 Å². The maximum absolute atomic E-state index is 14.0. The van der Waals surface area contributed by atoms with Crippen LogP contribution in [0.5, 0.6) is 0 Å². The molecule has 4 aromatic rings. The van der Waals surface area contributed by atoms with Crippen molar-refractivity contribution in [2.45, 2.75) is 33.1 Å². The molecule has 4 nitrogen and oxygen atoms in total. The van der Waals surface area contributed by atoms with Gasteiger partial charge in [-0.05, 0) is 73.9 Å². The highest BCUT2D eigenvalue weighted by Gasteiger charge is 2.23. The van der Waals surface area contributed by atoms with Crippen LogP contribution in [-0.4, -0.2) is 15.3 Å². The van der Waals surface area contributed by atoms with Crippen molar-refractivity contribution in [3.63, 3.8) is 0 Å². The van der Waals surface area contributed by atoms with Crippen LogP contribution >= 0.6 is 0 Å². The van der Waals surface area contributed by atoms with E-state index in [1.807, 2.05) is 67.6 Å². The number of imidazole rings is 1. The molecule has 0 aliphatic carbocycles. The van der Waals surface area contributed by atoms with Gasteiger partial charge in [-0.1, -0.05) is 24.3 Å². The van der Waals surface area contributed by atoms with Gasteiger partial charge in [0.1, 0.15) is 11.5 Å². The Bertz CT molecular complexity index is 1230. The molecule has 152 valence electrons. The van der Waals surface area contributed by atoms with Crippen molar-refractivity contribution in [3.8, 4) is 0 Å². The number of anilines is 1. The number of hydrogen-bond donors (Lipinski definition) is 1. The molecule has 30 heavy (non-hydrogen) atoms. The van der Waals surface area contributed by atoms with E-state index < -0.39 is 0 Å². The number of hydrogen-bond acceptors (Lipinski definition) is 2. The molecule has 0 spiro atoms. The van der Waals surface area contributed by atoms with Crippen LogP contribution in [0, 0.1) is 26.6 Å². The van der Waals surface area contributed by atoms with Crippen LogP contribution in [0.15, 0.2) is 66.9 Å². The maximum Gasteiger partial charge on any atom is 0.225 e. The van der Waals surface area contributed by atoms with E-state index in [-0.39, 0.29) is 24.1 Å². The monoisotopic (exact) mass is 401 g/mol. The van der Waals surface area contributed by atoms with E-state index in [2.05, 4.69) is 10.3 Å². The number of amides is 1. The minimum absolute atomic E-state index is 0.129. The second kappa shape index (κ2) is 8.11. The van der Waals surface area contributed by atoms with Crippen LogP contribution in [0.4, 0.5) is 10.1 Å². The van der Waals surface area contributed by atoms with Crippen molar-refractivity contribution in [2.75, 3.05) is 5.32 Å². The van der Waals surface area contributed by atoms with Gasteiger partial charge in [0.2, 0.25) is 5.91 Å². The lowest BCUT2D eigenvalue weighted by molar-refractivity contribution is -0.116. The molecule has 2 aromatic heterocycles. The molecule has 1 unspecified atom stereocenters. The Morgan fingerprint density at radius 2 is 1.83 bits per heavy atom. The van der Waals surface area contributed by atoms with Crippen LogP contribution in [0.2, 0.25) is 0 Å². The number of benzene rings is 2. The fourth-order valence-corrected chi connectivity index (χ4v) is 3.81. The van der Waals surface area contributed by atoms with Crippen molar-refractivity contribution in [3.05, 3.63) is 101 Å². The SMILES string of the molecule is Cc1ccc(NC(=O)CC(c2cccc(F)c2)c2cnc3cccc(C)n23)cc1C. The summed E-state index contributed by atoms with van der Waals surface area (Å²) < 4.78 is 16.0. The van der Waals surface area contributed by atoms with Gasteiger partial charge in [0.25, 0.3) is 0 Å². The van der Waals surface area contributed by atoms with Crippen molar-refractivity contribution < 1.29 is 9.18 Å². The van der Waals surface area contributed by atoms with Crippen LogP contribution in [-0.2, 0) is 4.79 Å². The molecule has 0 aliphatic rings. The van der Waals surface area contributed by atoms with Crippen molar-refractivity contribution in [1.82, 2.24) is 9.38 Å².